The summed E-state index contributed by atoms with van der Waals surface area (Å²) >= 11 is 0. The Hall–Kier alpha value is -2.04. The van der Waals surface area contributed by atoms with Crippen molar-refractivity contribution in [2.24, 2.45) is 0 Å². The molecule has 0 aromatic heterocycles. The van der Waals surface area contributed by atoms with E-state index in [0.29, 0.717) is 26.0 Å². The molecule has 0 bridgehead atoms. The van der Waals surface area contributed by atoms with Gasteiger partial charge in [-0.3, -0.25) is 9.59 Å². The molecule has 1 aromatic rings. The van der Waals surface area contributed by atoms with Crippen LogP contribution in [0.4, 0.5) is 0 Å². The van der Waals surface area contributed by atoms with Gasteiger partial charge in [0.1, 0.15) is 11.8 Å². The van der Waals surface area contributed by atoms with Crippen molar-refractivity contribution in [2.75, 3.05) is 6.61 Å². The van der Waals surface area contributed by atoms with E-state index in [1.807, 2.05) is 31.2 Å². The number of carbonyl (C=O) groups excluding carboxylic acids is 2. The van der Waals surface area contributed by atoms with Gasteiger partial charge in [0.05, 0.1) is 6.61 Å². The summed E-state index contributed by atoms with van der Waals surface area (Å²) in [4.78, 5) is 22.8. The number of hydrogen-bond acceptors (Lipinski definition) is 3. The molecular weight excluding hydrogens is 244 g/mol. The summed E-state index contributed by atoms with van der Waals surface area (Å²) in [5.74, 6) is 0.640. The molecule has 2 rings (SSSR count). The number of rotatable bonds is 5. The van der Waals surface area contributed by atoms with Crippen molar-refractivity contribution in [3.05, 3.63) is 29.8 Å². The van der Waals surface area contributed by atoms with Crippen molar-refractivity contribution in [3.8, 4) is 5.75 Å². The lowest BCUT2D eigenvalue weighted by atomic mass is 10.2. The summed E-state index contributed by atoms with van der Waals surface area (Å²) in [6, 6.07) is 7.21. The first-order valence-electron chi connectivity index (χ1n) is 6.48. The van der Waals surface area contributed by atoms with Crippen LogP contribution in [0.15, 0.2) is 24.3 Å². The van der Waals surface area contributed by atoms with Crippen molar-refractivity contribution >= 4 is 11.8 Å². The Kier molecular flexibility index (Phi) is 4.39. The Morgan fingerprint density at radius 2 is 2.16 bits per heavy atom. The average Bonchev–Trinajstić information content (AvgIpc) is 2.85. The van der Waals surface area contributed by atoms with Gasteiger partial charge in [-0.2, -0.15) is 0 Å². The van der Waals surface area contributed by atoms with E-state index in [4.69, 9.17) is 4.74 Å². The maximum absolute atomic E-state index is 11.8. The molecule has 1 aromatic carbocycles. The molecule has 19 heavy (non-hydrogen) atoms. The van der Waals surface area contributed by atoms with Crippen molar-refractivity contribution in [1.29, 1.82) is 0 Å². The Labute approximate surface area is 112 Å². The van der Waals surface area contributed by atoms with Crippen LogP contribution in [-0.2, 0) is 16.1 Å². The van der Waals surface area contributed by atoms with Gasteiger partial charge in [-0.1, -0.05) is 12.1 Å². The fourth-order valence-corrected chi connectivity index (χ4v) is 1.99. The van der Waals surface area contributed by atoms with Crippen LogP contribution in [0.5, 0.6) is 5.75 Å². The summed E-state index contributed by atoms with van der Waals surface area (Å²) in [5, 5.41) is 5.46. The van der Waals surface area contributed by atoms with Crippen molar-refractivity contribution in [2.45, 2.75) is 32.4 Å². The van der Waals surface area contributed by atoms with E-state index in [-0.39, 0.29) is 17.9 Å². The molecule has 1 fully saturated rings. The first-order valence-corrected chi connectivity index (χ1v) is 6.48. The van der Waals surface area contributed by atoms with Crippen molar-refractivity contribution < 1.29 is 14.3 Å². The Morgan fingerprint density at radius 1 is 1.42 bits per heavy atom. The van der Waals surface area contributed by atoms with E-state index in [1.54, 1.807) is 0 Å². The fraction of sp³-hybridized carbons (Fsp3) is 0.429. The van der Waals surface area contributed by atoms with Crippen LogP contribution in [0.3, 0.4) is 0 Å². The van der Waals surface area contributed by atoms with Crippen LogP contribution < -0.4 is 15.4 Å². The lowest BCUT2D eigenvalue weighted by Crippen LogP contribution is -2.41. The summed E-state index contributed by atoms with van der Waals surface area (Å²) in [6.45, 7) is 3.03. The molecule has 1 heterocycles. The standard InChI is InChI=1S/C14H18N2O3/c1-2-19-11-5-3-10(4-6-11)9-15-14(18)12-7-8-13(17)16-12/h3-6,12H,2,7-9H2,1H3,(H,15,18)(H,16,17). The predicted molar refractivity (Wildman–Crippen MR) is 70.6 cm³/mol. The first kappa shape index (κ1) is 13.4. The molecule has 1 unspecified atom stereocenters. The summed E-state index contributed by atoms with van der Waals surface area (Å²) in [5.41, 5.74) is 1.00. The van der Waals surface area contributed by atoms with Crippen LogP contribution in [0.2, 0.25) is 0 Å². The molecule has 0 saturated carbocycles. The van der Waals surface area contributed by atoms with Gasteiger partial charge in [-0.15, -0.1) is 0 Å². The van der Waals surface area contributed by atoms with E-state index in [1.165, 1.54) is 0 Å². The minimum atomic E-state index is -0.379. The van der Waals surface area contributed by atoms with Gasteiger partial charge in [0, 0.05) is 13.0 Å². The van der Waals surface area contributed by atoms with Gasteiger partial charge < -0.3 is 15.4 Å². The number of benzene rings is 1. The van der Waals surface area contributed by atoms with E-state index < -0.39 is 0 Å². The van der Waals surface area contributed by atoms with E-state index >= 15 is 0 Å². The highest BCUT2D eigenvalue weighted by Gasteiger charge is 2.26. The van der Waals surface area contributed by atoms with E-state index in [2.05, 4.69) is 10.6 Å². The zero-order chi connectivity index (χ0) is 13.7. The number of ether oxygens (including phenoxy) is 1. The number of amides is 2. The number of nitrogens with one attached hydrogen (secondary N) is 2. The van der Waals surface area contributed by atoms with Crippen LogP contribution in [0, 0.1) is 0 Å². The second kappa shape index (κ2) is 6.22. The zero-order valence-corrected chi connectivity index (χ0v) is 10.9. The Bertz CT molecular complexity index is 456. The lowest BCUT2D eigenvalue weighted by molar-refractivity contribution is -0.125. The quantitative estimate of drug-likeness (QED) is 0.831. The molecule has 1 atom stereocenters. The normalized spacial score (nSPS) is 17.9. The highest BCUT2D eigenvalue weighted by atomic mass is 16.5. The Morgan fingerprint density at radius 3 is 2.74 bits per heavy atom. The molecular formula is C14H18N2O3. The molecule has 5 nitrogen and oxygen atoms in total. The van der Waals surface area contributed by atoms with Gasteiger partial charge in [0.25, 0.3) is 0 Å². The van der Waals surface area contributed by atoms with Crippen LogP contribution in [-0.4, -0.2) is 24.5 Å². The molecule has 0 spiro atoms. The minimum absolute atomic E-state index is 0.0544. The van der Waals surface area contributed by atoms with Crippen LogP contribution in [0.1, 0.15) is 25.3 Å². The molecule has 102 valence electrons. The summed E-state index contributed by atoms with van der Waals surface area (Å²) in [6.07, 6.45) is 1.01. The second-order valence-corrected chi connectivity index (χ2v) is 4.45. The largest absolute Gasteiger partial charge is 0.494 e. The van der Waals surface area contributed by atoms with Gasteiger partial charge in [-0.05, 0) is 31.0 Å². The van der Waals surface area contributed by atoms with Gasteiger partial charge >= 0.3 is 0 Å². The number of hydrogen-bond donors (Lipinski definition) is 2. The smallest absolute Gasteiger partial charge is 0.242 e. The number of carbonyl (C=O) groups is 2. The van der Waals surface area contributed by atoms with Crippen molar-refractivity contribution in [3.63, 3.8) is 0 Å². The molecule has 1 aliphatic heterocycles. The molecule has 2 amide bonds. The molecule has 1 saturated heterocycles. The highest BCUT2D eigenvalue weighted by molar-refractivity contribution is 5.90. The first-order chi connectivity index (χ1) is 9.19. The third kappa shape index (κ3) is 3.71. The highest BCUT2D eigenvalue weighted by Crippen LogP contribution is 2.12. The van der Waals surface area contributed by atoms with E-state index in [0.717, 1.165) is 11.3 Å². The summed E-state index contributed by atoms with van der Waals surface area (Å²) in [7, 11) is 0. The van der Waals surface area contributed by atoms with Crippen molar-refractivity contribution in [1.82, 2.24) is 10.6 Å². The van der Waals surface area contributed by atoms with Crippen LogP contribution in [0.25, 0.3) is 0 Å². The molecule has 0 radical (unpaired) electrons. The maximum Gasteiger partial charge on any atom is 0.242 e. The SMILES string of the molecule is CCOc1ccc(CNC(=O)C2CCC(=O)N2)cc1. The third-order valence-electron chi connectivity index (χ3n) is 3.01. The lowest BCUT2D eigenvalue weighted by Gasteiger charge is -2.11. The van der Waals surface area contributed by atoms with Gasteiger partial charge in [0.15, 0.2) is 0 Å². The molecule has 2 N–H and O–H groups in total. The monoisotopic (exact) mass is 262 g/mol. The summed E-state index contributed by atoms with van der Waals surface area (Å²) < 4.78 is 5.34. The topological polar surface area (TPSA) is 67.4 Å². The van der Waals surface area contributed by atoms with E-state index in [9.17, 15) is 9.59 Å². The predicted octanol–water partition coefficient (Wildman–Crippen LogP) is 0.980. The maximum atomic E-state index is 11.8. The van der Waals surface area contributed by atoms with Gasteiger partial charge in [-0.25, -0.2) is 0 Å². The molecule has 0 aliphatic carbocycles. The molecule has 1 aliphatic rings. The minimum Gasteiger partial charge on any atom is -0.494 e. The average molecular weight is 262 g/mol. The molecule has 5 heteroatoms. The third-order valence-corrected chi connectivity index (χ3v) is 3.01. The zero-order valence-electron chi connectivity index (χ0n) is 10.9. The van der Waals surface area contributed by atoms with Crippen LogP contribution >= 0.6 is 0 Å². The van der Waals surface area contributed by atoms with Gasteiger partial charge in [0.2, 0.25) is 11.8 Å². The second-order valence-electron chi connectivity index (χ2n) is 4.45. The fourth-order valence-electron chi connectivity index (χ4n) is 1.99. The Balaban J connectivity index is 1.81.